The van der Waals surface area contributed by atoms with E-state index in [9.17, 15) is 0 Å². The summed E-state index contributed by atoms with van der Waals surface area (Å²) in [7, 11) is 0. The normalized spacial score (nSPS) is 11.0. The molecule has 7 nitrogen and oxygen atoms in total. The number of nitrogens with one attached hydrogen (secondary N) is 3. The molecule has 3 aromatic heterocycles. The molecule has 0 bridgehead atoms. The van der Waals surface area contributed by atoms with Gasteiger partial charge in [-0.1, -0.05) is 23.7 Å². The number of hydrogen-bond donors (Lipinski definition) is 3. The van der Waals surface area contributed by atoms with Gasteiger partial charge in [0, 0.05) is 41.8 Å². The highest BCUT2D eigenvalue weighted by atomic mass is 35.5. The third-order valence-corrected chi connectivity index (χ3v) is 4.22. The molecule has 3 heterocycles. The maximum absolute atomic E-state index is 5.92. The van der Waals surface area contributed by atoms with Crippen LogP contribution >= 0.6 is 11.6 Å². The highest BCUT2D eigenvalue weighted by Gasteiger charge is 2.08. The predicted molar refractivity (Wildman–Crippen MR) is 103 cm³/mol. The first-order chi connectivity index (χ1) is 12.7. The molecule has 0 saturated heterocycles. The van der Waals surface area contributed by atoms with Crippen LogP contribution in [0.4, 0.5) is 17.6 Å². The molecule has 26 heavy (non-hydrogen) atoms. The Hall–Kier alpha value is -3.06. The van der Waals surface area contributed by atoms with Gasteiger partial charge in [0.2, 0.25) is 5.95 Å². The molecular formula is C18H18ClN7. The summed E-state index contributed by atoms with van der Waals surface area (Å²) in [5.41, 5.74) is 3.00. The standard InChI is InChI=1S/C18H18ClN7/c1-12-10-16(25-24-12)23-18-22-15(11-17-21-8-9-26(17)18)20-7-6-13-2-4-14(19)5-3-13/h2-5,8-11,20H,6-7H2,1H3,(H2,22,23,24,25). The Labute approximate surface area is 155 Å². The molecule has 0 aliphatic rings. The highest BCUT2D eigenvalue weighted by molar-refractivity contribution is 6.30. The average molecular weight is 368 g/mol. The van der Waals surface area contributed by atoms with E-state index < -0.39 is 0 Å². The summed E-state index contributed by atoms with van der Waals surface area (Å²) in [5, 5.41) is 14.4. The molecule has 4 rings (SSSR count). The van der Waals surface area contributed by atoms with Crippen LogP contribution in [-0.4, -0.2) is 31.1 Å². The molecule has 1 aromatic carbocycles. The molecular weight excluding hydrogens is 350 g/mol. The average Bonchev–Trinajstić information content (AvgIpc) is 3.26. The largest absolute Gasteiger partial charge is 0.370 e. The number of halogens is 1. The SMILES string of the molecule is Cc1cc(Nc2nc(NCCc3ccc(Cl)cc3)cc3nccn23)n[nH]1. The Morgan fingerprint density at radius 2 is 2.00 bits per heavy atom. The zero-order valence-electron chi connectivity index (χ0n) is 14.2. The number of aromatic amines is 1. The molecule has 4 aromatic rings. The zero-order chi connectivity index (χ0) is 17.9. The monoisotopic (exact) mass is 367 g/mol. The van der Waals surface area contributed by atoms with Crippen LogP contribution in [0.5, 0.6) is 0 Å². The van der Waals surface area contributed by atoms with Crippen molar-refractivity contribution >= 4 is 34.8 Å². The number of hydrogen-bond acceptors (Lipinski definition) is 5. The maximum Gasteiger partial charge on any atom is 0.216 e. The zero-order valence-corrected chi connectivity index (χ0v) is 15.0. The number of H-pyrrole nitrogens is 1. The van der Waals surface area contributed by atoms with Gasteiger partial charge in [-0.3, -0.25) is 9.50 Å². The second kappa shape index (κ2) is 7.05. The molecule has 0 unspecified atom stereocenters. The van der Waals surface area contributed by atoms with Gasteiger partial charge in [0.05, 0.1) is 0 Å². The van der Waals surface area contributed by atoms with Crippen molar-refractivity contribution in [1.29, 1.82) is 0 Å². The van der Waals surface area contributed by atoms with E-state index in [-0.39, 0.29) is 0 Å². The lowest BCUT2D eigenvalue weighted by Crippen LogP contribution is -2.09. The fraction of sp³-hybridized carbons (Fsp3) is 0.167. The molecule has 0 fully saturated rings. The summed E-state index contributed by atoms with van der Waals surface area (Å²) >= 11 is 5.92. The Bertz CT molecular complexity index is 1020. The van der Waals surface area contributed by atoms with E-state index in [1.54, 1.807) is 6.20 Å². The fourth-order valence-corrected chi connectivity index (χ4v) is 2.81. The van der Waals surface area contributed by atoms with Gasteiger partial charge in [-0.2, -0.15) is 10.1 Å². The van der Waals surface area contributed by atoms with Crippen LogP contribution in [0.15, 0.2) is 48.8 Å². The highest BCUT2D eigenvalue weighted by Crippen LogP contribution is 2.18. The molecule has 0 radical (unpaired) electrons. The lowest BCUT2D eigenvalue weighted by atomic mass is 10.1. The van der Waals surface area contributed by atoms with E-state index >= 15 is 0 Å². The van der Waals surface area contributed by atoms with Crippen molar-refractivity contribution in [2.75, 3.05) is 17.2 Å². The lowest BCUT2D eigenvalue weighted by molar-refractivity contribution is 0.992. The Kier molecular flexibility index (Phi) is 4.45. The van der Waals surface area contributed by atoms with E-state index in [4.69, 9.17) is 11.6 Å². The number of nitrogens with zero attached hydrogens (tertiary/aromatic N) is 4. The number of rotatable bonds is 6. The summed E-state index contributed by atoms with van der Waals surface area (Å²) in [6.07, 6.45) is 4.48. The number of benzene rings is 1. The molecule has 3 N–H and O–H groups in total. The topological polar surface area (TPSA) is 82.9 Å². The summed E-state index contributed by atoms with van der Waals surface area (Å²) in [6, 6.07) is 11.7. The van der Waals surface area contributed by atoms with Crippen molar-refractivity contribution < 1.29 is 0 Å². The van der Waals surface area contributed by atoms with E-state index in [1.165, 1.54) is 5.56 Å². The number of aromatic nitrogens is 5. The van der Waals surface area contributed by atoms with Gasteiger partial charge < -0.3 is 10.6 Å². The second-order valence-corrected chi connectivity index (χ2v) is 6.42. The quantitative estimate of drug-likeness (QED) is 0.482. The minimum atomic E-state index is 0.653. The third kappa shape index (κ3) is 3.62. The molecule has 0 saturated carbocycles. The second-order valence-electron chi connectivity index (χ2n) is 5.98. The number of fused-ring (bicyclic) bond motifs is 1. The van der Waals surface area contributed by atoms with Crippen molar-refractivity contribution in [2.45, 2.75) is 13.3 Å². The molecule has 0 atom stereocenters. The van der Waals surface area contributed by atoms with Gasteiger partial charge >= 0.3 is 0 Å². The minimum Gasteiger partial charge on any atom is -0.370 e. The lowest BCUT2D eigenvalue weighted by Gasteiger charge is -2.10. The summed E-state index contributed by atoms with van der Waals surface area (Å²) < 4.78 is 1.88. The molecule has 0 aliphatic heterocycles. The Balaban J connectivity index is 1.50. The van der Waals surface area contributed by atoms with Crippen LogP contribution in [0.3, 0.4) is 0 Å². The van der Waals surface area contributed by atoms with Crippen LogP contribution < -0.4 is 10.6 Å². The van der Waals surface area contributed by atoms with Crippen molar-refractivity contribution in [3.05, 3.63) is 65.1 Å². The Morgan fingerprint density at radius 3 is 2.77 bits per heavy atom. The first-order valence-electron chi connectivity index (χ1n) is 8.29. The van der Waals surface area contributed by atoms with E-state index in [0.717, 1.165) is 35.1 Å². The summed E-state index contributed by atoms with van der Waals surface area (Å²) in [4.78, 5) is 9.01. The van der Waals surface area contributed by atoms with Crippen molar-refractivity contribution in [3.8, 4) is 0 Å². The fourth-order valence-electron chi connectivity index (χ4n) is 2.68. The van der Waals surface area contributed by atoms with Gasteiger partial charge in [-0.15, -0.1) is 0 Å². The third-order valence-electron chi connectivity index (χ3n) is 3.97. The molecule has 0 aliphatic carbocycles. The van der Waals surface area contributed by atoms with Crippen molar-refractivity contribution in [2.24, 2.45) is 0 Å². The van der Waals surface area contributed by atoms with Gasteiger partial charge in [0.15, 0.2) is 5.82 Å². The predicted octanol–water partition coefficient (Wildman–Crippen LogP) is 3.81. The first-order valence-corrected chi connectivity index (χ1v) is 8.67. The van der Waals surface area contributed by atoms with Gasteiger partial charge in [0.1, 0.15) is 11.5 Å². The molecule has 0 spiro atoms. The van der Waals surface area contributed by atoms with Gasteiger partial charge in [-0.25, -0.2) is 4.98 Å². The van der Waals surface area contributed by atoms with Gasteiger partial charge in [0.25, 0.3) is 0 Å². The number of anilines is 3. The van der Waals surface area contributed by atoms with Crippen LogP contribution in [0.1, 0.15) is 11.3 Å². The van der Waals surface area contributed by atoms with Crippen molar-refractivity contribution in [1.82, 2.24) is 24.6 Å². The first kappa shape index (κ1) is 16.4. The smallest absolute Gasteiger partial charge is 0.216 e. The summed E-state index contributed by atoms with van der Waals surface area (Å²) in [5.74, 6) is 2.12. The minimum absolute atomic E-state index is 0.653. The van der Waals surface area contributed by atoms with E-state index in [0.29, 0.717) is 11.8 Å². The van der Waals surface area contributed by atoms with Crippen LogP contribution in [0.25, 0.3) is 5.65 Å². The van der Waals surface area contributed by atoms with Crippen LogP contribution in [-0.2, 0) is 6.42 Å². The Morgan fingerprint density at radius 1 is 1.15 bits per heavy atom. The van der Waals surface area contributed by atoms with E-state index in [1.807, 2.05) is 53.9 Å². The molecule has 8 heteroatoms. The number of imidazole rings is 1. The van der Waals surface area contributed by atoms with Crippen LogP contribution in [0.2, 0.25) is 5.02 Å². The summed E-state index contributed by atoms with van der Waals surface area (Å²) in [6.45, 7) is 2.71. The molecule has 0 amide bonds. The van der Waals surface area contributed by atoms with Gasteiger partial charge in [-0.05, 0) is 31.0 Å². The maximum atomic E-state index is 5.92. The van der Waals surface area contributed by atoms with E-state index in [2.05, 4.69) is 30.8 Å². The van der Waals surface area contributed by atoms with Crippen LogP contribution in [0, 0.1) is 6.92 Å². The van der Waals surface area contributed by atoms with Crippen molar-refractivity contribution in [3.63, 3.8) is 0 Å². The number of aryl methyl sites for hydroxylation is 1. The molecule has 132 valence electrons.